The van der Waals surface area contributed by atoms with Crippen LogP contribution in [0.1, 0.15) is 63.4 Å². The maximum atomic E-state index is 13.7. The number of aliphatic hydroxyl groups excluding tert-OH is 3. The lowest BCUT2D eigenvalue weighted by Crippen LogP contribution is -2.62. The van der Waals surface area contributed by atoms with E-state index in [1.165, 1.54) is 0 Å². The van der Waals surface area contributed by atoms with Gasteiger partial charge in [-0.05, 0) is 85.9 Å². The van der Waals surface area contributed by atoms with Crippen molar-refractivity contribution in [1.82, 2.24) is 0 Å². The Morgan fingerprint density at radius 1 is 1.14 bits per heavy atom. The summed E-state index contributed by atoms with van der Waals surface area (Å²) in [4.78, 5) is 25.8. The number of ketones is 2. The minimum atomic E-state index is -1.48. The topological polar surface area (TPSA) is 139 Å². The molecule has 0 heterocycles. The number of hydrogen-bond donors (Lipinski definition) is 4. The van der Waals surface area contributed by atoms with Crippen molar-refractivity contribution in [3.8, 4) is 5.75 Å². The van der Waals surface area contributed by atoms with E-state index in [1.807, 2.05) is 31.2 Å². The highest BCUT2D eigenvalue weighted by Gasteiger charge is 2.69. The van der Waals surface area contributed by atoms with Crippen LogP contribution < -0.4 is 10.5 Å². The zero-order valence-corrected chi connectivity index (χ0v) is 24.7. The van der Waals surface area contributed by atoms with Gasteiger partial charge in [0.05, 0.1) is 6.10 Å². The van der Waals surface area contributed by atoms with Gasteiger partial charge in [0.25, 0.3) is 0 Å². The number of anilines is 1. The van der Waals surface area contributed by atoms with Crippen molar-refractivity contribution in [3.63, 3.8) is 0 Å². The van der Waals surface area contributed by atoms with E-state index in [0.29, 0.717) is 29.8 Å². The summed E-state index contributed by atoms with van der Waals surface area (Å²) in [6.07, 6.45) is 5.90. The largest absolute Gasteiger partial charge is 0.489 e. The minimum Gasteiger partial charge on any atom is -0.489 e. The number of nitrogens with two attached hydrogens (primary N) is 1. The summed E-state index contributed by atoms with van der Waals surface area (Å²) < 4.78 is 12.4. The lowest BCUT2D eigenvalue weighted by Gasteiger charge is -2.60. The third kappa shape index (κ3) is 4.85. The van der Waals surface area contributed by atoms with Crippen molar-refractivity contribution in [2.75, 3.05) is 12.3 Å². The van der Waals surface area contributed by atoms with Gasteiger partial charge in [-0.1, -0.05) is 49.8 Å². The van der Waals surface area contributed by atoms with Crippen molar-refractivity contribution >= 4 is 17.3 Å². The van der Waals surface area contributed by atoms with Crippen LogP contribution in [0.15, 0.2) is 72.3 Å². The zero-order chi connectivity index (χ0) is 30.6. The number of carbonyl (C=O) groups excluding carboxylic acids is 2. The van der Waals surface area contributed by atoms with Crippen molar-refractivity contribution in [1.29, 1.82) is 0 Å². The highest BCUT2D eigenvalue weighted by atomic mass is 16.6. The first kappa shape index (κ1) is 29.8. The van der Waals surface area contributed by atoms with Gasteiger partial charge in [-0.3, -0.25) is 9.59 Å². The maximum Gasteiger partial charge on any atom is 0.190 e. The molecular formula is C35H41NO7. The zero-order valence-electron chi connectivity index (χ0n) is 24.7. The number of benzene rings is 2. The standard InChI is InChI=1S/C35H41NO7/c1-33-13-11-25(38)17-23(33)9-10-27-28-12-14-35(30(40)19-37,34(28,2)18-29(39)31(27)33)43-32(41)22-6-4-8-26(16-22)42-20-21-5-3-7-24(36)15-21/h3-8,11,13,15-17,27-29,31-32,37,39,41H,9-10,12,14,18-20,36H2,1-2H3/t27-,28?,29-,31?,32+,33-,34-,35-/m0/s1. The van der Waals surface area contributed by atoms with Gasteiger partial charge < -0.3 is 30.5 Å². The molecule has 3 fully saturated rings. The molecule has 8 atom stereocenters. The van der Waals surface area contributed by atoms with Crippen LogP contribution in [0, 0.1) is 28.6 Å². The van der Waals surface area contributed by atoms with Crippen LogP contribution in [0.5, 0.6) is 5.75 Å². The molecule has 43 heavy (non-hydrogen) atoms. The van der Waals surface area contributed by atoms with Gasteiger partial charge in [-0.2, -0.15) is 0 Å². The second-order valence-corrected chi connectivity index (χ2v) is 13.2. The Kier molecular flexibility index (Phi) is 7.62. The lowest BCUT2D eigenvalue weighted by molar-refractivity contribution is -0.243. The Labute approximate surface area is 252 Å². The third-order valence-corrected chi connectivity index (χ3v) is 11.0. The molecule has 8 heteroatoms. The molecule has 228 valence electrons. The van der Waals surface area contributed by atoms with Gasteiger partial charge in [0.2, 0.25) is 0 Å². The summed E-state index contributed by atoms with van der Waals surface area (Å²) in [6.45, 7) is 3.65. The number of allylic oxidation sites excluding steroid dienone is 4. The molecule has 6 rings (SSSR count). The fourth-order valence-corrected chi connectivity index (χ4v) is 9.02. The first-order valence-corrected chi connectivity index (χ1v) is 15.2. The normalized spacial score (nSPS) is 35.4. The average molecular weight is 588 g/mol. The molecule has 0 aromatic heterocycles. The van der Waals surface area contributed by atoms with Crippen LogP contribution in [-0.2, 0) is 20.9 Å². The predicted octanol–water partition coefficient (Wildman–Crippen LogP) is 4.43. The monoisotopic (exact) mass is 587 g/mol. The Morgan fingerprint density at radius 3 is 2.70 bits per heavy atom. The Balaban J connectivity index is 1.26. The van der Waals surface area contributed by atoms with Gasteiger partial charge in [-0.15, -0.1) is 0 Å². The van der Waals surface area contributed by atoms with Crippen LogP contribution in [0.4, 0.5) is 5.69 Å². The summed E-state index contributed by atoms with van der Waals surface area (Å²) in [7, 11) is 0. The number of fused-ring (bicyclic) bond motifs is 5. The van der Waals surface area contributed by atoms with Gasteiger partial charge in [0.1, 0.15) is 24.6 Å². The van der Waals surface area contributed by atoms with Gasteiger partial charge in [0, 0.05) is 28.0 Å². The van der Waals surface area contributed by atoms with Crippen molar-refractivity contribution in [2.24, 2.45) is 28.6 Å². The molecule has 4 aliphatic rings. The first-order chi connectivity index (χ1) is 20.5. The number of aliphatic hydroxyl groups is 3. The molecule has 8 nitrogen and oxygen atoms in total. The summed E-state index contributed by atoms with van der Waals surface area (Å²) in [5, 5.41) is 33.3. The van der Waals surface area contributed by atoms with Crippen LogP contribution in [0.2, 0.25) is 0 Å². The fraction of sp³-hybridized carbons (Fsp3) is 0.486. The molecular weight excluding hydrogens is 546 g/mol. The van der Waals surface area contributed by atoms with Gasteiger partial charge in [-0.25, -0.2) is 0 Å². The molecule has 0 aliphatic heterocycles. The fourth-order valence-electron chi connectivity index (χ4n) is 9.02. The van der Waals surface area contributed by atoms with E-state index in [2.05, 4.69) is 6.92 Å². The van der Waals surface area contributed by atoms with Crippen molar-refractivity contribution in [3.05, 3.63) is 83.5 Å². The van der Waals surface area contributed by atoms with E-state index in [1.54, 1.807) is 42.5 Å². The molecule has 0 amide bonds. The molecule has 5 N–H and O–H groups in total. The summed E-state index contributed by atoms with van der Waals surface area (Å²) >= 11 is 0. The second-order valence-electron chi connectivity index (χ2n) is 13.2. The van der Waals surface area contributed by atoms with Gasteiger partial charge in [0.15, 0.2) is 17.9 Å². The molecule has 2 aromatic rings. The van der Waals surface area contributed by atoms with Crippen LogP contribution in [-0.4, -0.2) is 45.2 Å². The van der Waals surface area contributed by atoms with E-state index >= 15 is 0 Å². The smallest absolute Gasteiger partial charge is 0.190 e. The third-order valence-electron chi connectivity index (χ3n) is 11.0. The Morgan fingerprint density at radius 2 is 1.93 bits per heavy atom. The summed E-state index contributed by atoms with van der Waals surface area (Å²) in [5.74, 6) is 0.0364. The van der Waals surface area contributed by atoms with Crippen LogP contribution in [0.3, 0.4) is 0 Å². The Bertz CT molecular complexity index is 1480. The number of nitrogen functional groups attached to an aromatic ring is 1. The molecule has 2 aromatic carbocycles. The van der Waals surface area contributed by atoms with Crippen LogP contribution >= 0.6 is 0 Å². The first-order valence-electron chi connectivity index (χ1n) is 15.2. The van der Waals surface area contributed by atoms with E-state index in [-0.39, 0.29) is 36.6 Å². The molecule has 0 radical (unpaired) electrons. The van der Waals surface area contributed by atoms with E-state index < -0.39 is 41.2 Å². The quantitative estimate of drug-likeness (QED) is 0.263. The maximum absolute atomic E-state index is 13.7. The van der Waals surface area contributed by atoms with Crippen LogP contribution in [0.25, 0.3) is 0 Å². The highest BCUT2D eigenvalue weighted by molar-refractivity contribution is 6.01. The number of ether oxygens (including phenoxy) is 2. The van der Waals surface area contributed by atoms with E-state index in [9.17, 15) is 24.9 Å². The molecule has 2 unspecified atom stereocenters. The number of rotatable bonds is 8. The number of carbonyl (C=O) groups is 2. The van der Waals surface area contributed by atoms with E-state index in [0.717, 1.165) is 24.0 Å². The molecule has 3 saturated carbocycles. The summed E-state index contributed by atoms with van der Waals surface area (Å²) in [5.41, 5.74) is 6.18. The number of Topliss-reactive ketones (excluding diaryl/α,β-unsaturated/α-hetero) is 1. The average Bonchev–Trinajstić information content (AvgIpc) is 3.28. The molecule has 0 saturated heterocycles. The number of hydrogen-bond acceptors (Lipinski definition) is 8. The van der Waals surface area contributed by atoms with Crippen molar-refractivity contribution in [2.45, 2.75) is 70.6 Å². The highest BCUT2D eigenvalue weighted by Crippen LogP contribution is 2.68. The lowest BCUT2D eigenvalue weighted by atomic mass is 9.46. The molecule has 0 spiro atoms. The van der Waals surface area contributed by atoms with E-state index in [4.69, 9.17) is 15.2 Å². The Hall–Kier alpha value is -3.30. The van der Waals surface area contributed by atoms with Crippen molar-refractivity contribution < 1.29 is 34.4 Å². The minimum absolute atomic E-state index is 0.0175. The summed E-state index contributed by atoms with van der Waals surface area (Å²) in [6, 6.07) is 14.3. The molecule has 4 aliphatic carbocycles. The van der Waals surface area contributed by atoms with Gasteiger partial charge >= 0.3 is 0 Å². The SMILES string of the molecule is C[C@]12C=CC(=O)C=C1CC[C@@H]1C2[C@@H](O)C[C@@]2(C)C1CC[C@]2(O[C@@H](O)c1cccc(OCc2cccc(N)c2)c1)C(=O)CO. The second kappa shape index (κ2) is 11.0. The predicted molar refractivity (Wildman–Crippen MR) is 161 cm³/mol. The molecule has 0 bridgehead atoms.